The molecule has 0 aliphatic rings. The highest BCUT2D eigenvalue weighted by Gasteiger charge is 2.30. The van der Waals surface area contributed by atoms with E-state index in [1.54, 1.807) is 35.8 Å². The molecule has 198 valence electrons. The van der Waals surface area contributed by atoms with Gasteiger partial charge in [-0.2, -0.15) is 0 Å². The summed E-state index contributed by atoms with van der Waals surface area (Å²) < 4.78 is 13.8. The van der Waals surface area contributed by atoms with E-state index in [1.807, 2.05) is 69.3 Å². The molecule has 3 aromatic carbocycles. The molecular weight excluding hydrogens is 476 g/mol. The second kappa shape index (κ2) is 11.7. The number of likely N-dealkylation sites (N-methyl/N-ethyl adjacent to an activating group) is 1. The van der Waals surface area contributed by atoms with E-state index in [0.29, 0.717) is 12.1 Å². The van der Waals surface area contributed by atoms with Crippen molar-refractivity contribution in [2.45, 2.75) is 45.0 Å². The first-order valence-electron chi connectivity index (χ1n) is 12.9. The molecule has 0 radical (unpaired) electrons. The van der Waals surface area contributed by atoms with Crippen molar-refractivity contribution in [1.82, 2.24) is 9.47 Å². The average molecular weight is 513 g/mol. The van der Waals surface area contributed by atoms with E-state index in [-0.39, 0.29) is 18.1 Å². The van der Waals surface area contributed by atoms with E-state index >= 15 is 0 Å². The minimum atomic E-state index is -0.605. The molecule has 0 aliphatic carbocycles. The Morgan fingerprint density at radius 1 is 0.895 bits per heavy atom. The summed E-state index contributed by atoms with van der Waals surface area (Å²) in [5.41, 5.74) is 1.89. The lowest BCUT2D eigenvalue weighted by Crippen LogP contribution is -2.38. The molecular formula is C32H36N2O4. The Balaban J connectivity index is 1.75. The van der Waals surface area contributed by atoms with Crippen LogP contribution in [-0.2, 0) is 23.1 Å². The molecule has 0 aliphatic heterocycles. The first-order chi connectivity index (χ1) is 18.1. The van der Waals surface area contributed by atoms with Crippen molar-refractivity contribution >= 4 is 16.9 Å². The van der Waals surface area contributed by atoms with Crippen molar-refractivity contribution in [3.63, 3.8) is 0 Å². The van der Waals surface area contributed by atoms with Gasteiger partial charge in [-0.15, -0.1) is 0 Å². The minimum Gasteiger partial charge on any atom is -0.444 e. The van der Waals surface area contributed by atoms with E-state index in [0.717, 1.165) is 21.9 Å². The molecule has 4 rings (SSSR count). The van der Waals surface area contributed by atoms with Gasteiger partial charge in [-0.25, -0.2) is 4.79 Å². The third kappa shape index (κ3) is 6.69. The topological polar surface area (TPSA) is 60.8 Å². The van der Waals surface area contributed by atoms with Gasteiger partial charge < -0.3 is 18.9 Å². The number of hydrogen-bond donors (Lipinski definition) is 0. The molecule has 1 amide bonds. The highest BCUT2D eigenvalue weighted by atomic mass is 16.6. The summed E-state index contributed by atoms with van der Waals surface area (Å²) in [4.78, 5) is 27.3. The van der Waals surface area contributed by atoms with Gasteiger partial charge in [-0.3, -0.25) is 4.79 Å². The Morgan fingerprint density at radius 2 is 1.58 bits per heavy atom. The molecule has 2 atom stereocenters. The first kappa shape index (κ1) is 27.1. The smallest absolute Gasteiger partial charge is 0.410 e. The van der Waals surface area contributed by atoms with Gasteiger partial charge in [-0.05, 0) is 54.8 Å². The first-order valence-corrected chi connectivity index (χ1v) is 12.9. The number of amides is 1. The van der Waals surface area contributed by atoms with Crippen LogP contribution in [0.4, 0.5) is 4.79 Å². The normalized spacial score (nSPS) is 13.2. The highest BCUT2D eigenvalue weighted by Crippen LogP contribution is 2.37. The van der Waals surface area contributed by atoms with Crippen LogP contribution in [-0.4, -0.2) is 34.8 Å². The van der Waals surface area contributed by atoms with E-state index in [9.17, 15) is 9.59 Å². The number of pyridine rings is 1. The van der Waals surface area contributed by atoms with E-state index in [1.165, 1.54) is 0 Å². The van der Waals surface area contributed by atoms with E-state index in [2.05, 4.69) is 30.3 Å². The molecule has 6 nitrogen and oxygen atoms in total. The van der Waals surface area contributed by atoms with Crippen molar-refractivity contribution < 1.29 is 14.3 Å². The molecule has 0 saturated carbocycles. The molecule has 1 aromatic heterocycles. The zero-order valence-corrected chi connectivity index (χ0v) is 22.8. The molecule has 6 heteroatoms. The van der Waals surface area contributed by atoms with E-state index < -0.39 is 17.8 Å². The second-order valence-corrected chi connectivity index (χ2v) is 10.7. The lowest BCUT2D eigenvalue weighted by atomic mass is 9.87. The van der Waals surface area contributed by atoms with Crippen LogP contribution < -0.4 is 5.56 Å². The second-order valence-electron chi connectivity index (χ2n) is 10.7. The van der Waals surface area contributed by atoms with Crippen LogP contribution in [0.15, 0.2) is 95.9 Å². The Morgan fingerprint density at radius 3 is 2.29 bits per heavy atom. The van der Waals surface area contributed by atoms with Gasteiger partial charge >= 0.3 is 6.09 Å². The zero-order chi connectivity index (χ0) is 27.3. The predicted octanol–water partition coefficient (Wildman–Crippen LogP) is 6.45. The van der Waals surface area contributed by atoms with Crippen LogP contribution in [0.2, 0.25) is 0 Å². The quantitative estimate of drug-likeness (QED) is 0.272. The summed E-state index contributed by atoms with van der Waals surface area (Å²) in [6.45, 7) is 6.08. The van der Waals surface area contributed by atoms with Crippen molar-refractivity contribution in [2.75, 3.05) is 13.6 Å². The van der Waals surface area contributed by atoms with Gasteiger partial charge in [0.2, 0.25) is 0 Å². The van der Waals surface area contributed by atoms with Crippen LogP contribution in [0.25, 0.3) is 10.8 Å². The lowest BCUT2D eigenvalue weighted by molar-refractivity contribution is 0.00279. The van der Waals surface area contributed by atoms with Crippen molar-refractivity contribution in [1.29, 1.82) is 0 Å². The number of fused-ring (bicyclic) bond motifs is 1. The Labute approximate surface area is 224 Å². The molecule has 1 heterocycles. The fourth-order valence-electron chi connectivity index (χ4n) is 4.55. The fourth-order valence-corrected chi connectivity index (χ4v) is 4.55. The summed E-state index contributed by atoms with van der Waals surface area (Å²) in [5.74, 6) is -0.230. The van der Waals surface area contributed by atoms with Gasteiger partial charge in [0, 0.05) is 38.3 Å². The SMILES string of the molecule is CN(C[C@H](c1ccc2ccccc2c1)[C@H](OCc1cccn(C)c1=O)c1ccccc1)C(=O)OC(C)(C)C. The highest BCUT2D eigenvalue weighted by molar-refractivity contribution is 5.83. The van der Waals surface area contributed by atoms with Gasteiger partial charge in [0.1, 0.15) is 5.60 Å². The van der Waals surface area contributed by atoms with Gasteiger partial charge in [0.15, 0.2) is 0 Å². The van der Waals surface area contributed by atoms with Gasteiger partial charge in [0.05, 0.1) is 12.7 Å². The molecule has 0 fully saturated rings. The fraction of sp³-hybridized carbons (Fsp3) is 0.312. The molecule has 0 saturated heterocycles. The van der Waals surface area contributed by atoms with Gasteiger partial charge in [-0.1, -0.05) is 72.8 Å². The third-order valence-corrected chi connectivity index (χ3v) is 6.49. The number of nitrogens with zero attached hydrogens (tertiary/aromatic N) is 2. The molecule has 4 aromatic rings. The Bertz CT molecular complexity index is 1440. The van der Waals surface area contributed by atoms with Crippen molar-refractivity contribution in [3.05, 3.63) is 118 Å². The number of aryl methyl sites for hydroxylation is 1. The predicted molar refractivity (Wildman–Crippen MR) is 151 cm³/mol. The number of carbonyl (C=O) groups excluding carboxylic acids is 1. The summed E-state index contributed by atoms with van der Waals surface area (Å²) in [6.07, 6.45) is 0.910. The largest absolute Gasteiger partial charge is 0.444 e. The Hall–Kier alpha value is -3.90. The van der Waals surface area contributed by atoms with Crippen LogP contribution in [0, 0.1) is 0 Å². The van der Waals surface area contributed by atoms with Crippen LogP contribution >= 0.6 is 0 Å². The molecule has 0 unspecified atom stereocenters. The maximum absolute atomic E-state index is 13.0. The maximum atomic E-state index is 13.0. The lowest BCUT2D eigenvalue weighted by Gasteiger charge is -2.33. The maximum Gasteiger partial charge on any atom is 0.410 e. The van der Waals surface area contributed by atoms with E-state index in [4.69, 9.17) is 9.47 Å². The summed E-state index contributed by atoms with van der Waals surface area (Å²) >= 11 is 0. The molecule has 38 heavy (non-hydrogen) atoms. The van der Waals surface area contributed by atoms with Crippen LogP contribution in [0.1, 0.15) is 49.5 Å². The number of benzene rings is 3. The molecule has 0 bridgehead atoms. The number of ether oxygens (including phenoxy) is 2. The Kier molecular flexibility index (Phi) is 8.32. The zero-order valence-electron chi connectivity index (χ0n) is 22.8. The minimum absolute atomic E-state index is 0.0903. The third-order valence-electron chi connectivity index (χ3n) is 6.49. The number of carbonyl (C=O) groups is 1. The monoisotopic (exact) mass is 512 g/mol. The number of aromatic nitrogens is 1. The molecule has 0 N–H and O–H groups in total. The van der Waals surface area contributed by atoms with Crippen molar-refractivity contribution in [3.8, 4) is 0 Å². The van der Waals surface area contributed by atoms with Crippen LogP contribution in [0.3, 0.4) is 0 Å². The summed E-state index contributed by atoms with van der Waals surface area (Å²) in [5, 5.41) is 2.25. The summed E-state index contributed by atoms with van der Waals surface area (Å²) in [6, 6.07) is 28.1. The average Bonchev–Trinajstić information content (AvgIpc) is 2.89. The van der Waals surface area contributed by atoms with Crippen LogP contribution in [0.5, 0.6) is 0 Å². The van der Waals surface area contributed by atoms with Gasteiger partial charge in [0.25, 0.3) is 5.56 Å². The molecule has 0 spiro atoms. The summed E-state index contributed by atoms with van der Waals surface area (Å²) in [7, 11) is 3.48. The number of rotatable bonds is 8. The number of hydrogen-bond acceptors (Lipinski definition) is 4. The standard InChI is InChI=1S/C32H36N2O4/c1-32(2,3)38-31(36)34(5)21-28(26-18-17-23-12-9-10-15-25(23)20-26)29(24-13-7-6-8-14-24)37-22-27-16-11-19-33(4)30(27)35/h6-20,28-29H,21-22H2,1-5H3/t28-,29-/m1/s1. The van der Waals surface area contributed by atoms with Crippen molar-refractivity contribution in [2.24, 2.45) is 7.05 Å².